The van der Waals surface area contributed by atoms with Gasteiger partial charge in [-0.2, -0.15) is 0 Å². The quantitative estimate of drug-likeness (QED) is 0.274. The van der Waals surface area contributed by atoms with E-state index >= 15 is 0 Å². The number of nitrogens with two attached hydrogens (primary N) is 1. The Balaban J connectivity index is 4.21. The van der Waals surface area contributed by atoms with Gasteiger partial charge in [0, 0.05) is 25.6 Å². The van der Waals surface area contributed by atoms with Crippen molar-refractivity contribution in [1.29, 1.82) is 0 Å². The first-order valence-electron chi connectivity index (χ1n) is 5.53. The van der Waals surface area contributed by atoms with Crippen molar-refractivity contribution in [2.45, 2.75) is 39.7 Å². The number of hydrogen-bond donors (Lipinski definition) is 3. The van der Waals surface area contributed by atoms with E-state index in [2.05, 4.69) is 10.5 Å². The minimum Gasteiger partial charge on any atom is -0.409 e. The number of nitrogens with one attached hydrogen (secondary N) is 1. The minimum atomic E-state index is -0.109. The Bertz CT molecular complexity index is 241. The number of carbonyl (C=O) groups is 1. The molecule has 0 saturated heterocycles. The third-order valence-corrected chi connectivity index (χ3v) is 2.15. The molecule has 0 heterocycles. The second kappa shape index (κ2) is 7.78. The van der Waals surface area contributed by atoms with Gasteiger partial charge in [-0.1, -0.05) is 12.1 Å². The Morgan fingerprint density at radius 2 is 2.19 bits per heavy atom. The summed E-state index contributed by atoms with van der Waals surface area (Å²) >= 11 is 0. The van der Waals surface area contributed by atoms with Crippen LogP contribution in [0.3, 0.4) is 0 Å². The molecule has 0 bridgehead atoms. The molecule has 0 spiro atoms. The highest BCUT2D eigenvalue weighted by Crippen LogP contribution is 2.00. The summed E-state index contributed by atoms with van der Waals surface area (Å²) in [6.07, 6.45) is 1.27. The molecule has 0 saturated carbocycles. The lowest BCUT2D eigenvalue weighted by Crippen LogP contribution is -2.45. The second-order valence-electron chi connectivity index (χ2n) is 3.86. The molecular formula is C10H22N4O2. The summed E-state index contributed by atoms with van der Waals surface area (Å²) in [5, 5.41) is 14.1. The molecule has 0 rings (SSSR count). The summed E-state index contributed by atoms with van der Waals surface area (Å²) in [5.74, 6) is 0.133. The van der Waals surface area contributed by atoms with Crippen LogP contribution in [0.4, 0.5) is 4.79 Å². The van der Waals surface area contributed by atoms with Crippen molar-refractivity contribution in [3.8, 4) is 0 Å². The lowest BCUT2D eigenvalue weighted by Gasteiger charge is -2.26. The summed E-state index contributed by atoms with van der Waals surface area (Å²) in [5.41, 5.74) is 5.36. The fourth-order valence-electron chi connectivity index (χ4n) is 1.21. The lowest BCUT2D eigenvalue weighted by atomic mass is 10.3. The SMILES string of the molecule is CCCNC(=O)N(CCC(N)=NO)C(C)C. The average Bonchev–Trinajstić information content (AvgIpc) is 2.25. The van der Waals surface area contributed by atoms with Crippen LogP contribution in [0.5, 0.6) is 0 Å². The molecule has 2 amide bonds. The van der Waals surface area contributed by atoms with Crippen molar-refractivity contribution in [3.05, 3.63) is 0 Å². The molecule has 0 aliphatic rings. The fourth-order valence-corrected chi connectivity index (χ4v) is 1.21. The maximum atomic E-state index is 11.7. The van der Waals surface area contributed by atoms with Gasteiger partial charge in [0.05, 0.1) is 0 Å². The van der Waals surface area contributed by atoms with E-state index in [9.17, 15) is 4.79 Å². The smallest absolute Gasteiger partial charge is 0.317 e. The Hall–Kier alpha value is -1.46. The first-order valence-corrected chi connectivity index (χ1v) is 5.53. The standard InChI is InChI=1S/C10H22N4O2/c1-4-6-12-10(15)14(8(2)3)7-5-9(11)13-16/h8,16H,4-7H2,1-3H3,(H2,11,13)(H,12,15). The van der Waals surface area contributed by atoms with Gasteiger partial charge in [-0.15, -0.1) is 0 Å². The molecule has 0 aromatic heterocycles. The molecule has 0 aliphatic heterocycles. The number of urea groups is 1. The van der Waals surface area contributed by atoms with E-state index in [1.807, 2.05) is 20.8 Å². The van der Waals surface area contributed by atoms with Gasteiger partial charge in [-0.25, -0.2) is 4.79 Å². The van der Waals surface area contributed by atoms with Gasteiger partial charge in [0.1, 0.15) is 5.84 Å². The molecule has 0 fully saturated rings. The molecular weight excluding hydrogens is 208 g/mol. The molecule has 94 valence electrons. The van der Waals surface area contributed by atoms with Crippen LogP contribution in [0.25, 0.3) is 0 Å². The van der Waals surface area contributed by atoms with Gasteiger partial charge in [-0.05, 0) is 20.3 Å². The van der Waals surface area contributed by atoms with Crippen LogP contribution in [0.2, 0.25) is 0 Å². The van der Waals surface area contributed by atoms with Crippen LogP contribution in [-0.4, -0.2) is 41.1 Å². The molecule has 0 aliphatic carbocycles. The van der Waals surface area contributed by atoms with Crippen LogP contribution in [0.15, 0.2) is 5.16 Å². The number of carbonyl (C=O) groups excluding carboxylic acids is 1. The van der Waals surface area contributed by atoms with E-state index in [1.165, 1.54) is 0 Å². The van der Waals surface area contributed by atoms with Crippen LogP contribution < -0.4 is 11.1 Å². The van der Waals surface area contributed by atoms with Crippen LogP contribution in [-0.2, 0) is 0 Å². The minimum absolute atomic E-state index is 0.0864. The molecule has 0 atom stereocenters. The van der Waals surface area contributed by atoms with Crippen LogP contribution in [0.1, 0.15) is 33.6 Å². The summed E-state index contributed by atoms with van der Waals surface area (Å²) in [6.45, 7) is 6.96. The molecule has 6 nitrogen and oxygen atoms in total. The zero-order valence-electron chi connectivity index (χ0n) is 10.2. The molecule has 0 aromatic rings. The zero-order valence-corrected chi connectivity index (χ0v) is 10.2. The van der Waals surface area contributed by atoms with Crippen molar-refractivity contribution >= 4 is 11.9 Å². The molecule has 6 heteroatoms. The molecule has 16 heavy (non-hydrogen) atoms. The average molecular weight is 230 g/mol. The summed E-state index contributed by atoms with van der Waals surface area (Å²) in [6, 6.07) is -0.0223. The van der Waals surface area contributed by atoms with Gasteiger partial charge < -0.3 is 21.2 Å². The zero-order chi connectivity index (χ0) is 12.6. The third kappa shape index (κ3) is 5.43. The van der Waals surface area contributed by atoms with E-state index in [1.54, 1.807) is 4.90 Å². The number of amides is 2. The van der Waals surface area contributed by atoms with E-state index in [0.717, 1.165) is 6.42 Å². The summed E-state index contributed by atoms with van der Waals surface area (Å²) < 4.78 is 0. The Morgan fingerprint density at radius 3 is 2.62 bits per heavy atom. The topological polar surface area (TPSA) is 91.0 Å². The highest BCUT2D eigenvalue weighted by atomic mass is 16.4. The number of nitrogens with zero attached hydrogens (tertiary/aromatic N) is 2. The predicted octanol–water partition coefficient (Wildman–Crippen LogP) is 0.953. The monoisotopic (exact) mass is 230 g/mol. The predicted molar refractivity (Wildman–Crippen MR) is 63.6 cm³/mol. The number of oxime groups is 1. The highest BCUT2D eigenvalue weighted by Gasteiger charge is 2.16. The third-order valence-electron chi connectivity index (χ3n) is 2.15. The Morgan fingerprint density at radius 1 is 1.56 bits per heavy atom. The normalized spacial score (nSPS) is 11.6. The van der Waals surface area contributed by atoms with Gasteiger partial charge >= 0.3 is 6.03 Å². The van der Waals surface area contributed by atoms with Gasteiger partial charge in [0.2, 0.25) is 0 Å². The van der Waals surface area contributed by atoms with Crippen molar-refractivity contribution in [2.24, 2.45) is 10.9 Å². The fraction of sp³-hybridized carbons (Fsp3) is 0.800. The first kappa shape index (κ1) is 14.5. The Labute approximate surface area is 96.5 Å². The molecule has 0 radical (unpaired) electrons. The number of rotatable bonds is 6. The molecule has 0 unspecified atom stereocenters. The van der Waals surface area contributed by atoms with Gasteiger partial charge in [0.25, 0.3) is 0 Å². The van der Waals surface area contributed by atoms with E-state index < -0.39 is 0 Å². The molecule has 0 aromatic carbocycles. The highest BCUT2D eigenvalue weighted by molar-refractivity contribution is 5.81. The van der Waals surface area contributed by atoms with E-state index in [-0.39, 0.29) is 17.9 Å². The van der Waals surface area contributed by atoms with Crippen molar-refractivity contribution in [2.75, 3.05) is 13.1 Å². The van der Waals surface area contributed by atoms with Crippen LogP contribution in [0, 0.1) is 0 Å². The second-order valence-corrected chi connectivity index (χ2v) is 3.86. The van der Waals surface area contributed by atoms with Gasteiger partial charge in [0.15, 0.2) is 0 Å². The van der Waals surface area contributed by atoms with Crippen molar-refractivity contribution in [1.82, 2.24) is 10.2 Å². The number of amidine groups is 1. The maximum Gasteiger partial charge on any atom is 0.317 e. The van der Waals surface area contributed by atoms with Crippen molar-refractivity contribution < 1.29 is 10.0 Å². The summed E-state index contributed by atoms with van der Waals surface area (Å²) in [4.78, 5) is 13.4. The van der Waals surface area contributed by atoms with Gasteiger partial charge in [-0.3, -0.25) is 0 Å². The largest absolute Gasteiger partial charge is 0.409 e. The molecule has 4 N–H and O–H groups in total. The van der Waals surface area contributed by atoms with E-state index in [0.29, 0.717) is 19.5 Å². The Kier molecular flexibility index (Phi) is 7.07. The summed E-state index contributed by atoms with van der Waals surface area (Å²) in [7, 11) is 0. The maximum absolute atomic E-state index is 11.7. The number of hydrogen-bond acceptors (Lipinski definition) is 3. The lowest BCUT2D eigenvalue weighted by molar-refractivity contribution is 0.185. The van der Waals surface area contributed by atoms with Crippen molar-refractivity contribution in [3.63, 3.8) is 0 Å². The van der Waals surface area contributed by atoms with E-state index in [4.69, 9.17) is 10.9 Å². The van der Waals surface area contributed by atoms with Crippen LogP contribution >= 0.6 is 0 Å². The first-order chi connectivity index (χ1) is 7.52.